The molecule has 8 nitrogen and oxygen atoms in total. The van der Waals surface area contributed by atoms with Crippen molar-refractivity contribution in [3.05, 3.63) is 60.2 Å². The molecular weight excluding hydrogens is 358 g/mol. The van der Waals surface area contributed by atoms with E-state index in [2.05, 4.69) is 20.6 Å². The molecule has 0 aliphatic carbocycles. The van der Waals surface area contributed by atoms with Crippen LogP contribution in [0.1, 0.15) is 5.56 Å². The molecule has 144 valence electrons. The van der Waals surface area contributed by atoms with Crippen molar-refractivity contribution in [1.82, 2.24) is 9.97 Å². The average Bonchev–Trinajstić information content (AvgIpc) is 3.18. The van der Waals surface area contributed by atoms with E-state index in [9.17, 15) is 0 Å². The molecule has 2 aromatic carbocycles. The van der Waals surface area contributed by atoms with E-state index in [1.54, 1.807) is 0 Å². The summed E-state index contributed by atoms with van der Waals surface area (Å²) in [6, 6.07) is 17.3. The van der Waals surface area contributed by atoms with Crippen molar-refractivity contribution >= 4 is 17.6 Å². The molecule has 0 amide bonds. The van der Waals surface area contributed by atoms with Gasteiger partial charge < -0.3 is 30.6 Å². The number of nitrogens with two attached hydrogens (primary N) is 1. The Morgan fingerprint density at radius 3 is 2.57 bits per heavy atom. The third-order valence-electron chi connectivity index (χ3n) is 4.07. The molecule has 8 heteroatoms. The zero-order valence-electron chi connectivity index (χ0n) is 15.2. The molecule has 0 atom stereocenters. The number of hydrogen-bond donors (Lipinski definition) is 3. The Labute approximate surface area is 162 Å². The van der Waals surface area contributed by atoms with Crippen LogP contribution >= 0.6 is 0 Å². The second-order valence-corrected chi connectivity index (χ2v) is 6.13. The van der Waals surface area contributed by atoms with Crippen LogP contribution in [0.2, 0.25) is 0 Å². The minimum atomic E-state index is 0.196. The van der Waals surface area contributed by atoms with Gasteiger partial charge in [-0.05, 0) is 29.8 Å². The highest BCUT2D eigenvalue weighted by molar-refractivity contribution is 5.52. The average molecular weight is 379 g/mol. The molecule has 0 saturated carbocycles. The van der Waals surface area contributed by atoms with Crippen LogP contribution in [-0.4, -0.2) is 29.9 Å². The maximum atomic E-state index is 5.83. The molecule has 1 aliphatic rings. The van der Waals surface area contributed by atoms with E-state index in [-0.39, 0.29) is 12.7 Å². The van der Waals surface area contributed by atoms with Crippen molar-refractivity contribution < 1.29 is 14.2 Å². The van der Waals surface area contributed by atoms with Gasteiger partial charge in [0.25, 0.3) is 0 Å². The number of fused-ring (bicyclic) bond motifs is 1. The molecule has 0 saturated heterocycles. The molecule has 0 unspecified atom stereocenters. The van der Waals surface area contributed by atoms with Gasteiger partial charge in [0.15, 0.2) is 11.5 Å². The Balaban J connectivity index is 1.30. The first-order chi connectivity index (χ1) is 13.8. The fourth-order valence-corrected chi connectivity index (χ4v) is 2.76. The van der Waals surface area contributed by atoms with Crippen molar-refractivity contribution in [3.63, 3.8) is 0 Å². The Kier molecular flexibility index (Phi) is 5.28. The third-order valence-corrected chi connectivity index (χ3v) is 4.07. The number of nitrogens with one attached hydrogen (secondary N) is 2. The summed E-state index contributed by atoms with van der Waals surface area (Å²) in [6.07, 6.45) is 0. The molecule has 1 aromatic heterocycles. The molecular formula is C20H21N5O3. The first-order valence-electron chi connectivity index (χ1n) is 8.95. The second kappa shape index (κ2) is 8.34. The summed E-state index contributed by atoms with van der Waals surface area (Å²) < 4.78 is 16.4. The van der Waals surface area contributed by atoms with Crippen molar-refractivity contribution in [2.45, 2.75) is 6.54 Å². The van der Waals surface area contributed by atoms with Gasteiger partial charge in [-0.2, -0.15) is 9.97 Å². The van der Waals surface area contributed by atoms with Gasteiger partial charge in [0, 0.05) is 12.6 Å². The quantitative estimate of drug-likeness (QED) is 0.513. The van der Waals surface area contributed by atoms with Crippen LogP contribution in [0.4, 0.5) is 17.6 Å². The Morgan fingerprint density at radius 2 is 1.71 bits per heavy atom. The number of para-hydroxylation sites is 1. The van der Waals surface area contributed by atoms with E-state index in [0.29, 0.717) is 31.3 Å². The molecule has 0 fully saturated rings. The predicted octanol–water partition coefficient (Wildman–Crippen LogP) is 2.89. The van der Waals surface area contributed by atoms with Gasteiger partial charge >= 0.3 is 0 Å². The lowest BCUT2D eigenvalue weighted by Gasteiger charge is -2.11. The van der Waals surface area contributed by atoms with Crippen LogP contribution in [0.5, 0.6) is 17.2 Å². The van der Waals surface area contributed by atoms with Gasteiger partial charge in [-0.3, -0.25) is 0 Å². The van der Waals surface area contributed by atoms with E-state index in [1.165, 1.54) is 0 Å². The molecule has 0 spiro atoms. The fraction of sp³-hybridized carbons (Fsp3) is 0.200. The Bertz CT molecular complexity index is 936. The maximum Gasteiger partial charge on any atom is 0.231 e. The zero-order chi connectivity index (χ0) is 19.2. The van der Waals surface area contributed by atoms with Crippen LogP contribution in [0, 0.1) is 0 Å². The van der Waals surface area contributed by atoms with Crippen LogP contribution in [0.3, 0.4) is 0 Å². The highest BCUT2D eigenvalue weighted by atomic mass is 16.7. The van der Waals surface area contributed by atoms with E-state index in [0.717, 1.165) is 22.8 Å². The summed E-state index contributed by atoms with van der Waals surface area (Å²) in [7, 11) is 0. The summed E-state index contributed by atoms with van der Waals surface area (Å²) in [5, 5.41) is 6.45. The van der Waals surface area contributed by atoms with Crippen molar-refractivity contribution in [1.29, 1.82) is 0 Å². The van der Waals surface area contributed by atoms with E-state index in [1.807, 2.05) is 54.6 Å². The van der Waals surface area contributed by atoms with Gasteiger partial charge in [0.05, 0.1) is 6.54 Å². The maximum absolute atomic E-state index is 5.83. The fourth-order valence-electron chi connectivity index (χ4n) is 2.76. The van der Waals surface area contributed by atoms with Crippen molar-refractivity contribution in [2.24, 2.45) is 0 Å². The number of rotatable bonds is 8. The molecule has 0 bridgehead atoms. The number of hydrogen-bond acceptors (Lipinski definition) is 8. The summed E-state index contributed by atoms with van der Waals surface area (Å²) in [5.74, 6) is 3.82. The number of anilines is 3. The molecule has 4 rings (SSSR count). The first kappa shape index (κ1) is 17.7. The monoisotopic (exact) mass is 379 g/mol. The first-order valence-corrected chi connectivity index (χ1v) is 8.95. The normalized spacial score (nSPS) is 11.9. The van der Waals surface area contributed by atoms with Gasteiger partial charge in [0.1, 0.15) is 24.0 Å². The third kappa shape index (κ3) is 4.53. The minimum absolute atomic E-state index is 0.196. The molecule has 4 N–H and O–H groups in total. The molecule has 2 heterocycles. The van der Waals surface area contributed by atoms with Gasteiger partial charge in [-0.25, -0.2) is 0 Å². The molecule has 28 heavy (non-hydrogen) atoms. The predicted molar refractivity (Wildman–Crippen MR) is 107 cm³/mol. The summed E-state index contributed by atoms with van der Waals surface area (Å²) >= 11 is 0. The largest absolute Gasteiger partial charge is 0.492 e. The topological polar surface area (TPSA) is 104 Å². The van der Waals surface area contributed by atoms with E-state index >= 15 is 0 Å². The molecule has 3 aromatic rings. The Morgan fingerprint density at radius 1 is 0.929 bits per heavy atom. The van der Waals surface area contributed by atoms with Crippen LogP contribution in [0.15, 0.2) is 54.6 Å². The Hall–Kier alpha value is -3.68. The highest BCUT2D eigenvalue weighted by Gasteiger charge is 2.13. The smallest absolute Gasteiger partial charge is 0.231 e. The van der Waals surface area contributed by atoms with Crippen molar-refractivity contribution in [3.8, 4) is 17.2 Å². The summed E-state index contributed by atoms with van der Waals surface area (Å²) in [5.41, 5.74) is 6.88. The molecule has 1 aliphatic heterocycles. The van der Waals surface area contributed by atoms with Gasteiger partial charge in [-0.15, -0.1) is 0 Å². The zero-order valence-corrected chi connectivity index (χ0v) is 15.2. The summed E-state index contributed by atoms with van der Waals surface area (Å²) in [4.78, 5) is 8.43. The summed E-state index contributed by atoms with van der Waals surface area (Å²) in [6.45, 7) is 1.93. The van der Waals surface area contributed by atoms with E-state index < -0.39 is 0 Å². The number of benzene rings is 2. The van der Waals surface area contributed by atoms with E-state index in [4.69, 9.17) is 19.9 Å². The standard InChI is InChI=1S/C20H21N5O3/c21-20-24-18(22-8-9-26-15-4-2-1-3-5-15)11-19(25-20)23-12-14-6-7-16-17(10-14)28-13-27-16/h1-7,10-11H,8-9,12-13H2,(H4,21,22,23,24,25). The lowest BCUT2D eigenvalue weighted by molar-refractivity contribution is 0.174. The highest BCUT2D eigenvalue weighted by Crippen LogP contribution is 2.32. The number of nitrogen functional groups attached to an aromatic ring is 1. The van der Waals surface area contributed by atoms with Gasteiger partial charge in [0.2, 0.25) is 12.7 Å². The number of ether oxygens (including phenoxy) is 3. The number of nitrogens with zero attached hydrogens (tertiary/aromatic N) is 2. The SMILES string of the molecule is Nc1nc(NCCOc2ccccc2)cc(NCc2ccc3c(c2)OCO3)n1. The number of aromatic nitrogens is 2. The van der Waals surface area contributed by atoms with Gasteiger partial charge in [-0.1, -0.05) is 24.3 Å². The van der Waals surface area contributed by atoms with Crippen molar-refractivity contribution in [2.75, 3.05) is 36.3 Å². The lowest BCUT2D eigenvalue weighted by Crippen LogP contribution is -2.14. The lowest BCUT2D eigenvalue weighted by atomic mass is 10.2. The molecule has 0 radical (unpaired) electrons. The van der Waals surface area contributed by atoms with Crippen LogP contribution in [-0.2, 0) is 6.54 Å². The minimum Gasteiger partial charge on any atom is -0.492 e. The second-order valence-electron chi connectivity index (χ2n) is 6.13. The van der Waals surface area contributed by atoms with Crippen LogP contribution in [0.25, 0.3) is 0 Å². The van der Waals surface area contributed by atoms with Crippen LogP contribution < -0.4 is 30.6 Å².